The molecule has 1 saturated heterocycles. The van der Waals surface area contributed by atoms with Gasteiger partial charge in [-0.05, 0) is 53.4 Å². The third kappa shape index (κ3) is 3.75. The van der Waals surface area contributed by atoms with E-state index < -0.39 is 0 Å². The van der Waals surface area contributed by atoms with Crippen LogP contribution in [0.2, 0.25) is 0 Å². The summed E-state index contributed by atoms with van der Waals surface area (Å²) in [6.45, 7) is 0.835. The quantitative estimate of drug-likeness (QED) is 0.667. The lowest BCUT2D eigenvalue weighted by Gasteiger charge is -2.25. The molecule has 1 atom stereocenters. The van der Waals surface area contributed by atoms with Crippen molar-refractivity contribution in [3.05, 3.63) is 72.3 Å². The minimum absolute atomic E-state index is 0.0291. The van der Waals surface area contributed by atoms with Crippen LogP contribution in [0.1, 0.15) is 24.4 Å². The van der Waals surface area contributed by atoms with E-state index in [4.69, 9.17) is 9.47 Å². The zero-order valence-electron chi connectivity index (χ0n) is 15.4. The van der Waals surface area contributed by atoms with E-state index in [0.29, 0.717) is 0 Å². The van der Waals surface area contributed by atoms with Crippen molar-refractivity contribution in [2.45, 2.75) is 18.9 Å². The maximum atomic E-state index is 12.8. The fraction of sp³-hybridized carbons (Fsp3) is 0.261. The highest BCUT2D eigenvalue weighted by atomic mass is 16.5. The van der Waals surface area contributed by atoms with E-state index >= 15 is 0 Å². The Morgan fingerprint density at radius 2 is 1.74 bits per heavy atom. The molecule has 1 fully saturated rings. The number of hydrogen-bond donors (Lipinski definition) is 0. The van der Waals surface area contributed by atoms with E-state index in [1.807, 2.05) is 65.6 Å². The number of benzene rings is 3. The second kappa shape index (κ2) is 7.70. The summed E-state index contributed by atoms with van der Waals surface area (Å²) in [5.41, 5.74) is 1.15. The zero-order valence-corrected chi connectivity index (χ0v) is 15.4. The number of amides is 1. The van der Waals surface area contributed by atoms with Crippen molar-refractivity contribution in [2.75, 3.05) is 20.3 Å². The van der Waals surface area contributed by atoms with Crippen molar-refractivity contribution in [1.82, 2.24) is 4.90 Å². The van der Waals surface area contributed by atoms with Crippen LogP contribution >= 0.6 is 0 Å². The highest BCUT2D eigenvalue weighted by molar-refractivity contribution is 5.84. The van der Waals surface area contributed by atoms with E-state index in [1.165, 1.54) is 0 Å². The molecule has 0 aliphatic carbocycles. The molecule has 27 heavy (non-hydrogen) atoms. The van der Waals surface area contributed by atoms with Gasteiger partial charge in [0.15, 0.2) is 6.61 Å². The van der Waals surface area contributed by atoms with Crippen LogP contribution < -0.4 is 9.47 Å². The summed E-state index contributed by atoms with van der Waals surface area (Å²) in [6, 6.07) is 22.1. The summed E-state index contributed by atoms with van der Waals surface area (Å²) in [6.07, 6.45) is 1.99. The predicted octanol–water partition coefficient (Wildman–Crippen LogP) is 4.59. The molecule has 0 radical (unpaired) electrons. The van der Waals surface area contributed by atoms with Gasteiger partial charge in [0.25, 0.3) is 5.91 Å². The van der Waals surface area contributed by atoms with Crippen molar-refractivity contribution >= 4 is 16.7 Å². The summed E-state index contributed by atoms with van der Waals surface area (Å²) < 4.78 is 11.0. The van der Waals surface area contributed by atoms with E-state index in [0.717, 1.165) is 47.2 Å². The number of methoxy groups -OCH3 is 1. The number of carbonyl (C=O) groups excluding carboxylic acids is 1. The topological polar surface area (TPSA) is 38.8 Å². The molecule has 0 spiro atoms. The lowest BCUT2D eigenvalue weighted by atomic mass is 10.0. The third-order valence-electron chi connectivity index (χ3n) is 5.16. The SMILES string of the molecule is COc1ccc(C2CCCN2C(=O)COc2ccc3ccccc3c2)cc1. The lowest BCUT2D eigenvalue weighted by Crippen LogP contribution is -2.34. The maximum absolute atomic E-state index is 12.8. The van der Waals surface area contributed by atoms with Crippen LogP contribution in [0.4, 0.5) is 0 Å². The van der Waals surface area contributed by atoms with Gasteiger partial charge in [-0.3, -0.25) is 4.79 Å². The first-order chi connectivity index (χ1) is 13.2. The first kappa shape index (κ1) is 17.4. The average molecular weight is 361 g/mol. The molecule has 1 amide bonds. The van der Waals surface area contributed by atoms with Crippen LogP contribution in [0.5, 0.6) is 11.5 Å². The Morgan fingerprint density at radius 1 is 1.00 bits per heavy atom. The van der Waals surface area contributed by atoms with Crippen molar-refractivity contribution in [3.63, 3.8) is 0 Å². The van der Waals surface area contributed by atoms with Crippen LogP contribution in [0.25, 0.3) is 10.8 Å². The summed E-state index contributed by atoms with van der Waals surface area (Å²) >= 11 is 0. The number of carbonyl (C=O) groups is 1. The predicted molar refractivity (Wildman–Crippen MR) is 106 cm³/mol. The number of rotatable bonds is 5. The van der Waals surface area contributed by atoms with Crippen molar-refractivity contribution < 1.29 is 14.3 Å². The second-order valence-electron chi connectivity index (χ2n) is 6.82. The van der Waals surface area contributed by atoms with Gasteiger partial charge in [-0.2, -0.15) is 0 Å². The standard InChI is InChI=1S/C23H23NO3/c1-26-20-11-9-18(10-12-20)22-7-4-14-24(22)23(25)16-27-21-13-8-17-5-2-3-6-19(17)15-21/h2-3,5-6,8-13,15,22H,4,7,14,16H2,1H3. The fourth-order valence-corrected chi connectivity index (χ4v) is 3.72. The fourth-order valence-electron chi connectivity index (χ4n) is 3.72. The first-order valence-corrected chi connectivity index (χ1v) is 9.29. The summed E-state index contributed by atoms with van der Waals surface area (Å²) in [4.78, 5) is 14.7. The largest absolute Gasteiger partial charge is 0.497 e. The minimum atomic E-state index is 0.0291. The molecular weight excluding hydrogens is 338 g/mol. The molecule has 1 aliphatic rings. The smallest absolute Gasteiger partial charge is 0.261 e. The van der Waals surface area contributed by atoms with Gasteiger partial charge in [-0.1, -0.05) is 42.5 Å². The number of nitrogens with zero attached hydrogens (tertiary/aromatic N) is 1. The molecule has 0 aromatic heterocycles. The molecule has 4 nitrogen and oxygen atoms in total. The number of likely N-dealkylation sites (tertiary alicyclic amines) is 1. The van der Waals surface area contributed by atoms with Gasteiger partial charge >= 0.3 is 0 Å². The van der Waals surface area contributed by atoms with Crippen LogP contribution in [0.3, 0.4) is 0 Å². The molecule has 4 rings (SSSR count). The first-order valence-electron chi connectivity index (χ1n) is 9.29. The number of ether oxygens (including phenoxy) is 2. The van der Waals surface area contributed by atoms with Gasteiger partial charge in [0, 0.05) is 6.54 Å². The van der Waals surface area contributed by atoms with Crippen molar-refractivity contribution in [1.29, 1.82) is 0 Å². The summed E-state index contributed by atoms with van der Waals surface area (Å²) in [5.74, 6) is 1.58. The maximum Gasteiger partial charge on any atom is 0.261 e. The molecule has 1 heterocycles. The van der Waals surface area contributed by atoms with E-state index in [1.54, 1.807) is 7.11 Å². The third-order valence-corrected chi connectivity index (χ3v) is 5.16. The van der Waals surface area contributed by atoms with Gasteiger partial charge in [0.2, 0.25) is 0 Å². The van der Waals surface area contributed by atoms with E-state index in [2.05, 4.69) is 6.07 Å². The highest BCUT2D eigenvalue weighted by Gasteiger charge is 2.30. The summed E-state index contributed by atoms with van der Waals surface area (Å²) in [7, 11) is 1.66. The molecular formula is C23H23NO3. The zero-order chi connectivity index (χ0) is 18.6. The van der Waals surface area contributed by atoms with Crippen molar-refractivity contribution in [2.24, 2.45) is 0 Å². The van der Waals surface area contributed by atoms with Gasteiger partial charge < -0.3 is 14.4 Å². The Hall–Kier alpha value is -3.01. The van der Waals surface area contributed by atoms with Gasteiger partial charge in [-0.25, -0.2) is 0 Å². The molecule has 0 N–H and O–H groups in total. The number of hydrogen-bond acceptors (Lipinski definition) is 3. The van der Waals surface area contributed by atoms with E-state index in [9.17, 15) is 4.79 Å². The highest BCUT2D eigenvalue weighted by Crippen LogP contribution is 2.33. The lowest BCUT2D eigenvalue weighted by molar-refractivity contribution is -0.134. The average Bonchev–Trinajstić information content (AvgIpc) is 3.22. The number of fused-ring (bicyclic) bond motifs is 1. The molecule has 1 aliphatic heterocycles. The molecule has 3 aromatic rings. The monoisotopic (exact) mass is 361 g/mol. The molecule has 0 bridgehead atoms. The van der Waals surface area contributed by atoms with Gasteiger partial charge in [0.1, 0.15) is 11.5 Å². The molecule has 3 aromatic carbocycles. The Balaban J connectivity index is 1.43. The van der Waals surface area contributed by atoms with Crippen LogP contribution in [0.15, 0.2) is 66.7 Å². The van der Waals surface area contributed by atoms with Crippen LogP contribution in [0, 0.1) is 0 Å². The Labute approximate surface area is 159 Å². The van der Waals surface area contributed by atoms with Crippen molar-refractivity contribution in [3.8, 4) is 11.5 Å². The molecule has 4 heteroatoms. The molecule has 138 valence electrons. The molecule has 1 unspecified atom stereocenters. The van der Waals surface area contributed by atoms with Gasteiger partial charge in [0.05, 0.1) is 13.2 Å². The van der Waals surface area contributed by atoms with Gasteiger partial charge in [-0.15, -0.1) is 0 Å². The minimum Gasteiger partial charge on any atom is -0.497 e. The van der Waals surface area contributed by atoms with E-state index in [-0.39, 0.29) is 18.6 Å². The summed E-state index contributed by atoms with van der Waals surface area (Å²) in [5, 5.41) is 2.27. The Morgan fingerprint density at radius 3 is 2.52 bits per heavy atom. The van der Waals surface area contributed by atoms with Crippen LogP contribution in [-0.2, 0) is 4.79 Å². The molecule has 0 saturated carbocycles. The Bertz CT molecular complexity index is 936. The Kier molecular flexibility index (Phi) is 4.97. The van der Waals surface area contributed by atoms with Crippen LogP contribution in [-0.4, -0.2) is 31.1 Å². The second-order valence-corrected chi connectivity index (χ2v) is 6.82. The normalized spacial score (nSPS) is 16.5.